The maximum Gasteiger partial charge on any atom is 0.263 e. The molecule has 0 fully saturated rings. The van der Waals surface area contributed by atoms with Gasteiger partial charge in [-0.25, -0.2) is 4.98 Å². The third kappa shape index (κ3) is 2.23. The van der Waals surface area contributed by atoms with E-state index in [1.54, 1.807) is 23.0 Å². The van der Waals surface area contributed by atoms with Gasteiger partial charge < -0.3 is 10.4 Å². The van der Waals surface area contributed by atoms with Crippen molar-refractivity contribution in [2.45, 2.75) is 32.1 Å². The van der Waals surface area contributed by atoms with Gasteiger partial charge in [-0.15, -0.1) is 11.3 Å². The first-order valence-corrected chi connectivity index (χ1v) is 7.90. The number of nitrogens with one attached hydrogen (secondary N) is 1. The smallest absolute Gasteiger partial charge is 0.263 e. The SMILES string of the molecule is Cn1c(NCCCO)nc2sc3c(c2c1=O)CCCC3. The lowest BCUT2D eigenvalue weighted by Gasteiger charge is -2.11. The van der Waals surface area contributed by atoms with E-state index in [4.69, 9.17) is 5.11 Å². The second kappa shape index (κ2) is 5.54. The van der Waals surface area contributed by atoms with E-state index < -0.39 is 0 Å². The van der Waals surface area contributed by atoms with Crippen LogP contribution in [-0.2, 0) is 19.9 Å². The van der Waals surface area contributed by atoms with Crippen LogP contribution < -0.4 is 10.9 Å². The number of hydrogen-bond donors (Lipinski definition) is 2. The second-order valence-electron chi connectivity index (χ2n) is 5.19. The molecule has 0 spiro atoms. The lowest BCUT2D eigenvalue weighted by atomic mass is 9.97. The van der Waals surface area contributed by atoms with Gasteiger partial charge in [-0.1, -0.05) is 0 Å². The van der Waals surface area contributed by atoms with Crippen molar-refractivity contribution in [3.05, 3.63) is 20.8 Å². The summed E-state index contributed by atoms with van der Waals surface area (Å²) in [6.07, 6.45) is 5.10. The summed E-state index contributed by atoms with van der Waals surface area (Å²) in [7, 11) is 1.75. The van der Waals surface area contributed by atoms with Crippen molar-refractivity contribution < 1.29 is 5.11 Å². The van der Waals surface area contributed by atoms with Crippen molar-refractivity contribution >= 4 is 27.5 Å². The molecule has 5 nitrogen and oxygen atoms in total. The molecule has 20 heavy (non-hydrogen) atoms. The van der Waals surface area contributed by atoms with Gasteiger partial charge >= 0.3 is 0 Å². The Hall–Kier alpha value is -1.40. The molecule has 0 unspecified atom stereocenters. The molecule has 0 aromatic carbocycles. The van der Waals surface area contributed by atoms with E-state index in [2.05, 4.69) is 10.3 Å². The Kier molecular flexibility index (Phi) is 3.76. The normalized spacial score (nSPS) is 14.5. The van der Waals surface area contributed by atoms with E-state index in [9.17, 15) is 4.79 Å². The Labute approximate surface area is 121 Å². The molecule has 0 aliphatic heterocycles. The molecule has 2 aromatic rings. The van der Waals surface area contributed by atoms with Crippen LogP contribution in [0.25, 0.3) is 10.2 Å². The highest BCUT2D eigenvalue weighted by Gasteiger charge is 2.20. The van der Waals surface area contributed by atoms with Crippen LogP contribution in [0, 0.1) is 0 Å². The lowest BCUT2D eigenvalue weighted by molar-refractivity contribution is 0.292. The summed E-state index contributed by atoms with van der Waals surface area (Å²) in [6.45, 7) is 0.754. The fourth-order valence-electron chi connectivity index (χ4n) is 2.72. The molecular weight excluding hydrogens is 274 g/mol. The first kappa shape index (κ1) is 13.6. The number of thiophene rings is 1. The van der Waals surface area contributed by atoms with Gasteiger partial charge in [0.25, 0.3) is 5.56 Å². The average Bonchev–Trinajstić information content (AvgIpc) is 2.82. The van der Waals surface area contributed by atoms with Crippen LogP contribution in [0.15, 0.2) is 4.79 Å². The van der Waals surface area contributed by atoms with E-state index in [-0.39, 0.29) is 12.2 Å². The molecule has 0 saturated carbocycles. The van der Waals surface area contributed by atoms with Gasteiger partial charge in [-0.2, -0.15) is 0 Å². The number of aryl methyl sites for hydroxylation is 2. The van der Waals surface area contributed by atoms with Crippen LogP contribution >= 0.6 is 11.3 Å². The van der Waals surface area contributed by atoms with Crippen LogP contribution in [0.3, 0.4) is 0 Å². The van der Waals surface area contributed by atoms with E-state index in [0.717, 1.165) is 23.1 Å². The van der Waals surface area contributed by atoms with Gasteiger partial charge in [-0.3, -0.25) is 9.36 Å². The maximum atomic E-state index is 12.6. The molecule has 0 amide bonds. The van der Waals surface area contributed by atoms with Gasteiger partial charge in [0.15, 0.2) is 0 Å². The summed E-state index contributed by atoms with van der Waals surface area (Å²) < 4.78 is 1.58. The summed E-state index contributed by atoms with van der Waals surface area (Å²) in [5, 5.41) is 12.8. The van der Waals surface area contributed by atoms with Gasteiger partial charge in [0.2, 0.25) is 5.95 Å². The van der Waals surface area contributed by atoms with Crippen LogP contribution in [0.1, 0.15) is 29.7 Å². The van der Waals surface area contributed by atoms with E-state index in [1.165, 1.54) is 23.3 Å². The Balaban J connectivity index is 2.08. The number of aliphatic hydroxyl groups is 1. The molecule has 2 N–H and O–H groups in total. The quantitative estimate of drug-likeness (QED) is 0.842. The molecule has 1 aliphatic carbocycles. The number of aromatic nitrogens is 2. The number of fused-ring (bicyclic) bond motifs is 3. The lowest BCUT2D eigenvalue weighted by Crippen LogP contribution is -2.23. The predicted octanol–water partition coefficient (Wildman–Crippen LogP) is 1.67. The minimum atomic E-state index is 0.0425. The van der Waals surface area contributed by atoms with Crippen LogP contribution in [0.5, 0.6) is 0 Å². The number of anilines is 1. The summed E-state index contributed by atoms with van der Waals surface area (Å²) >= 11 is 1.66. The van der Waals surface area contributed by atoms with Crippen LogP contribution in [-0.4, -0.2) is 27.8 Å². The van der Waals surface area contributed by atoms with Crippen molar-refractivity contribution in [1.82, 2.24) is 9.55 Å². The minimum absolute atomic E-state index is 0.0425. The number of nitrogens with zero attached hydrogens (tertiary/aromatic N) is 2. The third-order valence-electron chi connectivity index (χ3n) is 3.81. The Bertz CT molecular complexity index is 690. The largest absolute Gasteiger partial charge is 0.396 e. The van der Waals surface area contributed by atoms with Crippen LogP contribution in [0.4, 0.5) is 5.95 Å². The molecule has 108 valence electrons. The summed E-state index contributed by atoms with van der Waals surface area (Å²) in [4.78, 5) is 19.3. The van der Waals surface area contributed by atoms with Crippen molar-refractivity contribution in [1.29, 1.82) is 0 Å². The molecule has 2 aromatic heterocycles. The Morgan fingerprint density at radius 3 is 3.00 bits per heavy atom. The van der Waals surface area contributed by atoms with Crippen molar-refractivity contribution in [2.24, 2.45) is 7.05 Å². The highest BCUT2D eigenvalue weighted by Crippen LogP contribution is 2.34. The molecule has 3 rings (SSSR count). The van der Waals surface area contributed by atoms with E-state index >= 15 is 0 Å². The van der Waals surface area contributed by atoms with Gasteiger partial charge in [0.1, 0.15) is 4.83 Å². The summed E-state index contributed by atoms with van der Waals surface area (Å²) in [5.41, 5.74) is 1.27. The molecule has 6 heteroatoms. The second-order valence-corrected chi connectivity index (χ2v) is 6.28. The molecule has 2 heterocycles. The third-order valence-corrected chi connectivity index (χ3v) is 5.00. The summed E-state index contributed by atoms with van der Waals surface area (Å²) in [6, 6.07) is 0. The molecule has 0 bridgehead atoms. The predicted molar refractivity (Wildman–Crippen MR) is 81.7 cm³/mol. The molecule has 0 atom stereocenters. The fraction of sp³-hybridized carbons (Fsp3) is 0.571. The van der Waals surface area contributed by atoms with E-state index in [1.807, 2.05) is 0 Å². The van der Waals surface area contributed by atoms with Gasteiger partial charge in [-0.05, 0) is 37.7 Å². The van der Waals surface area contributed by atoms with Crippen molar-refractivity contribution in [3.8, 4) is 0 Å². The fourth-order valence-corrected chi connectivity index (χ4v) is 3.98. The highest BCUT2D eigenvalue weighted by molar-refractivity contribution is 7.18. The zero-order valence-electron chi connectivity index (χ0n) is 11.6. The zero-order valence-corrected chi connectivity index (χ0v) is 12.4. The first-order chi connectivity index (χ1) is 9.72. The Morgan fingerprint density at radius 2 is 2.20 bits per heavy atom. The molecule has 0 radical (unpaired) electrons. The molecular formula is C14H19N3O2S. The standard InChI is InChI=1S/C14H19N3O2S/c1-17-13(19)11-9-5-2-3-6-10(9)20-12(11)16-14(17)15-7-4-8-18/h18H,2-8H2,1H3,(H,15,16). The average molecular weight is 293 g/mol. The van der Waals surface area contributed by atoms with E-state index in [0.29, 0.717) is 18.9 Å². The monoisotopic (exact) mass is 293 g/mol. The number of hydrogen-bond acceptors (Lipinski definition) is 5. The number of rotatable bonds is 4. The minimum Gasteiger partial charge on any atom is -0.396 e. The topological polar surface area (TPSA) is 67.2 Å². The van der Waals surface area contributed by atoms with Gasteiger partial charge in [0, 0.05) is 25.1 Å². The first-order valence-electron chi connectivity index (χ1n) is 7.08. The summed E-state index contributed by atoms with van der Waals surface area (Å²) in [5.74, 6) is 0.592. The number of aliphatic hydroxyl groups excluding tert-OH is 1. The maximum absolute atomic E-state index is 12.6. The van der Waals surface area contributed by atoms with Gasteiger partial charge in [0.05, 0.1) is 5.39 Å². The van der Waals surface area contributed by atoms with Crippen molar-refractivity contribution in [2.75, 3.05) is 18.5 Å². The molecule has 0 saturated heterocycles. The molecule has 1 aliphatic rings. The Morgan fingerprint density at radius 1 is 1.40 bits per heavy atom. The van der Waals surface area contributed by atoms with Crippen molar-refractivity contribution in [3.63, 3.8) is 0 Å². The zero-order chi connectivity index (χ0) is 14.1. The highest BCUT2D eigenvalue weighted by atomic mass is 32.1. The van der Waals surface area contributed by atoms with Crippen LogP contribution in [0.2, 0.25) is 0 Å².